The third-order valence-electron chi connectivity index (χ3n) is 8.66. The molecule has 6 rings (SSSR count). The van der Waals surface area contributed by atoms with E-state index in [1.165, 1.54) is 30.3 Å². The molecule has 4 aromatic rings. The highest BCUT2D eigenvalue weighted by atomic mass is 35.5. The largest absolute Gasteiger partial charge is 0.491 e. The number of piperidine rings is 1. The number of benzene rings is 2. The third kappa shape index (κ3) is 14.8. The molecule has 17 heteroatoms. The van der Waals surface area contributed by atoms with Crippen LogP contribution in [0.1, 0.15) is 48.0 Å². The number of carbonyl (C=O) groups excluding carboxylic acids is 2. The molecule has 0 radical (unpaired) electrons. The van der Waals surface area contributed by atoms with Gasteiger partial charge in [-0.15, -0.1) is 0 Å². The molecule has 0 bridgehead atoms. The van der Waals surface area contributed by atoms with Crippen molar-refractivity contribution in [2.75, 3.05) is 62.3 Å². The SMILES string of the molecule is C.CC(C)COC(=O)C1CCN(c2ccnc(-c3ccccc3F)n2)CC1.CC(C)COC(=O)N1CCN(c2ccnc(Cl)n2)CC1.OB(O)c1ccccc1F. The van der Waals surface area contributed by atoms with E-state index in [1.54, 1.807) is 35.5 Å². The number of anilines is 2. The van der Waals surface area contributed by atoms with Crippen molar-refractivity contribution in [1.29, 1.82) is 0 Å². The first kappa shape index (κ1) is 46.5. The zero-order chi connectivity index (χ0) is 40.6. The van der Waals surface area contributed by atoms with E-state index in [0.717, 1.165) is 37.6 Å². The Morgan fingerprint density at radius 2 is 1.32 bits per heavy atom. The van der Waals surface area contributed by atoms with Gasteiger partial charge in [0.2, 0.25) is 5.28 Å². The van der Waals surface area contributed by atoms with Crippen LogP contribution in [0, 0.1) is 29.4 Å². The highest BCUT2D eigenvalue weighted by molar-refractivity contribution is 6.58. The lowest BCUT2D eigenvalue weighted by atomic mass is 9.80. The molecule has 2 aliphatic heterocycles. The van der Waals surface area contributed by atoms with E-state index in [1.807, 2.05) is 39.8 Å². The summed E-state index contributed by atoms with van der Waals surface area (Å²) < 4.78 is 37.1. The monoisotopic (exact) mass is 811 g/mol. The molecule has 308 valence electrons. The second-order valence-electron chi connectivity index (χ2n) is 14.0. The Morgan fingerprint density at radius 1 is 0.772 bits per heavy atom. The predicted octanol–water partition coefficient (Wildman–Crippen LogP) is 5.88. The van der Waals surface area contributed by atoms with Gasteiger partial charge in [-0.25, -0.2) is 33.5 Å². The van der Waals surface area contributed by atoms with E-state index < -0.39 is 12.9 Å². The van der Waals surface area contributed by atoms with E-state index in [0.29, 0.717) is 62.6 Å². The van der Waals surface area contributed by atoms with Crippen molar-refractivity contribution in [2.45, 2.75) is 48.0 Å². The van der Waals surface area contributed by atoms with Crippen LogP contribution in [0.25, 0.3) is 11.4 Å². The predicted molar refractivity (Wildman–Crippen MR) is 218 cm³/mol. The molecule has 0 atom stereocenters. The van der Waals surface area contributed by atoms with E-state index in [2.05, 4.69) is 29.7 Å². The van der Waals surface area contributed by atoms with Gasteiger partial charge in [0.1, 0.15) is 23.3 Å². The average molecular weight is 812 g/mol. The first-order chi connectivity index (χ1) is 26.8. The third-order valence-corrected chi connectivity index (χ3v) is 8.85. The maximum atomic E-state index is 14.0. The summed E-state index contributed by atoms with van der Waals surface area (Å²) in [5.74, 6) is 1.52. The van der Waals surface area contributed by atoms with Gasteiger partial charge in [0.25, 0.3) is 0 Å². The summed E-state index contributed by atoms with van der Waals surface area (Å²) in [6.07, 6.45) is 4.51. The van der Waals surface area contributed by atoms with Gasteiger partial charge in [0.05, 0.1) is 24.7 Å². The minimum atomic E-state index is -1.72. The zero-order valence-corrected chi connectivity index (χ0v) is 32.9. The van der Waals surface area contributed by atoms with Gasteiger partial charge in [-0.3, -0.25) is 4.79 Å². The summed E-state index contributed by atoms with van der Waals surface area (Å²) in [6, 6.07) is 15.6. The van der Waals surface area contributed by atoms with Crippen molar-refractivity contribution in [1.82, 2.24) is 24.8 Å². The molecule has 1 amide bonds. The highest BCUT2D eigenvalue weighted by Gasteiger charge is 2.27. The fourth-order valence-corrected chi connectivity index (χ4v) is 5.79. The van der Waals surface area contributed by atoms with Gasteiger partial charge in [0.15, 0.2) is 5.82 Å². The summed E-state index contributed by atoms with van der Waals surface area (Å²) in [4.78, 5) is 46.6. The molecule has 57 heavy (non-hydrogen) atoms. The van der Waals surface area contributed by atoms with E-state index in [4.69, 9.17) is 31.1 Å². The van der Waals surface area contributed by atoms with Crippen molar-refractivity contribution in [3.05, 3.63) is 90.0 Å². The Kier molecular flexibility index (Phi) is 19.0. The molecular weight excluding hydrogens is 759 g/mol. The van der Waals surface area contributed by atoms with E-state index >= 15 is 0 Å². The van der Waals surface area contributed by atoms with Crippen LogP contribution in [-0.4, -0.2) is 107 Å². The van der Waals surface area contributed by atoms with Gasteiger partial charge in [-0.05, 0) is 66.6 Å². The number of ether oxygens (including phenoxy) is 2. The number of rotatable bonds is 9. The minimum Gasteiger partial charge on any atom is -0.465 e. The molecule has 0 saturated carbocycles. The number of nitrogens with zero attached hydrogens (tertiary/aromatic N) is 7. The Bertz CT molecular complexity index is 1850. The van der Waals surface area contributed by atoms with Gasteiger partial charge < -0.3 is 34.2 Å². The lowest BCUT2D eigenvalue weighted by Gasteiger charge is -2.34. The summed E-state index contributed by atoms with van der Waals surface area (Å²) in [7, 11) is -1.72. The Morgan fingerprint density at radius 3 is 1.88 bits per heavy atom. The van der Waals surface area contributed by atoms with Gasteiger partial charge in [0, 0.05) is 57.1 Å². The van der Waals surface area contributed by atoms with Gasteiger partial charge in [-0.1, -0.05) is 65.5 Å². The van der Waals surface area contributed by atoms with Crippen molar-refractivity contribution in [2.24, 2.45) is 17.8 Å². The zero-order valence-electron chi connectivity index (χ0n) is 32.1. The van der Waals surface area contributed by atoms with Crippen LogP contribution < -0.4 is 15.3 Å². The average Bonchev–Trinajstić information content (AvgIpc) is 3.20. The fourth-order valence-electron chi connectivity index (χ4n) is 5.64. The first-order valence-corrected chi connectivity index (χ1v) is 18.9. The molecule has 2 aliphatic rings. The van der Waals surface area contributed by atoms with Crippen LogP contribution in [0.3, 0.4) is 0 Å². The van der Waals surface area contributed by atoms with E-state index in [9.17, 15) is 18.4 Å². The lowest BCUT2D eigenvalue weighted by Crippen LogP contribution is -2.49. The quantitative estimate of drug-likeness (QED) is 0.118. The number of amides is 1. The number of hydrogen-bond acceptors (Lipinski definition) is 12. The van der Waals surface area contributed by atoms with Gasteiger partial charge >= 0.3 is 19.2 Å². The molecule has 13 nitrogen and oxygen atoms in total. The second-order valence-corrected chi connectivity index (χ2v) is 14.4. The molecule has 2 aromatic carbocycles. The molecule has 0 aliphatic carbocycles. The van der Waals surface area contributed by atoms with Crippen molar-refractivity contribution >= 4 is 47.9 Å². The van der Waals surface area contributed by atoms with Crippen molar-refractivity contribution in [3.8, 4) is 11.4 Å². The topological polar surface area (TPSA) is 154 Å². The molecule has 2 fully saturated rings. The van der Waals surface area contributed by atoms with Crippen LogP contribution in [0.15, 0.2) is 73.1 Å². The summed E-state index contributed by atoms with van der Waals surface area (Å²) in [5.41, 5.74) is 0.295. The number of aromatic nitrogens is 4. The lowest BCUT2D eigenvalue weighted by molar-refractivity contribution is -0.150. The number of esters is 1. The van der Waals surface area contributed by atoms with Gasteiger partial charge in [-0.2, -0.15) is 0 Å². The molecule has 0 spiro atoms. The summed E-state index contributed by atoms with van der Waals surface area (Å²) in [5, 5.41) is 17.3. The normalized spacial score (nSPS) is 14.1. The standard InChI is InChI=1S/C20H24FN3O2.C13H19ClN4O2.C6H6BFO2.CH4/c1-14(2)13-26-20(25)15-8-11-24(12-9-15)18-7-10-22-19(23-18)16-5-3-4-6-17(16)21;1-10(2)9-20-13(19)18-7-5-17(6-8-18)11-3-4-15-12(14)16-11;8-6-4-2-1-3-5(6)7(9)10;/h3-7,10,14-15H,8-9,11-13H2,1-2H3;3-4,10H,5-9H2,1-2H3;1-4,9-10H;1H4. The Labute approximate surface area is 339 Å². The summed E-state index contributed by atoms with van der Waals surface area (Å²) >= 11 is 5.78. The number of carbonyl (C=O) groups is 2. The second kappa shape index (κ2) is 23.3. The van der Waals surface area contributed by atoms with Crippen LogP contribution in [0.2, 0.25) is 5.28 Å². The Balaban J connectivity index is 0.000000248. The number of halogens is 3. The smallest absolute Gasteiger partial charge is 0.465 e. The van der Waals surface area contributed by atoms with Crippen LogP contribution >= 0.6 is 11.6 Å². The summed E-state index contributed by atoms with van der Waals surface area (Å²) in [6.45, 7) is 13.1. The van der Waals surface area contributed by atoms with Crippen LogP contribution in [-0.2, 0) is 14.3 Å². The first-order valence-electron chi connectivity index (χ1n) is 18.6. The van der Waals surface area contributed by atoms with Crippen molar-refractivity contribution < 1.29 is 37.9 Å². The number of piperazine rings is 1. The molecule has 2 saturated heterocycles. The molecule has 4 heterocycles. The highest BCUT2D eigenvalue weighted by Crippen LogP contribution is 2.26. The fraction of sp³-hybridized carbons (Fsp3) is 0.450. The Hall–Kier alpha value is -4.93. The maximum Gasteiger partial charge on any atom is 0.491 e. The van der Waals surface area contributed by atoms with Crippen LogP contribution in [0.5, 0.6) is 0 Å². The van der Waals surface area contributed by atoms with E-state index in [-0.39, 0.29) is 42.0 Å². The van der Waals surface area contributed by atoms with Crippen LogP contribution in [0.4, 0.5) is 25.2 Å². The van der Waals surface area contributed by atoms with Crippen molar-refractivity contribution in [3.63, 3.8) is 0 Å². The molecular formula is C40H53BClF2N7O6. The number of hydrogen-bond donors (Lipinski definition) is 2. The molecule has 0 unspecified atom stereocenters. The minimum absolute atomic E-state index is 0. The molecule has 2 N–H and O–H groups in total. The maximum absolute atomic E-state index is 14.0. The molecule has 2 aromatic heterocycles.